The quantitative estimate of drug-likeness (QED) is 0.742. The van der Waals surface area contributed by atoms with Gasteiger partial charge in [0.2, 0.25) is 0 Å². The fourth-order valence-electron chi connectivity index (χ4n) is 1.82. The molecule has 0 aliphatic heterocycles. The van der Waals surface area contributed by atoms with Crippen molar-refractivity contribution in [2.75, 3.05) is 7.11 Å². The van der Waals surface area contributed by atoms with Gasteiger partial charge in [0.1, 0.15) is 5.75 Å². The van der Waals surface area contributed by atoms with E-state index >= 15 is 0 Å². The normalized spacial score (nSPS) is 10.7. The second-order valence-corrected chi connectivity index (χ2v) is 3.86. The maximum atomic E-state index is 11.6. The lowest BCUT2D eigenvalue weighted by Gasteiger charge is -2.00. The van der Waals surface area contributed by atoms with E-state index in [1.54, 1.807) is 19.2 Å². The molecule has 3 rings (SSSR count). The van der Waals surface area contributed by atoms with Crippen LogP contribution in [0.4, 0.5) is 0 Å². The van der Waals surface area contributed by atoms with Crippen LogP contribution in [0.25, 0.3) is 17.0 Å². The number of rotatable bonds is 2. The molecule has 1 aromatic carbocycles. The molecule has 5 heteroatoms. The highest BCUT2D eigenvalue weighted by Crippen LogP contribution is 2.20. The number of pyridine rings is 1. The number of hydrogen-bond donors (Lipinski definition) is 1. The van der Waals surface area contributed by atoms with E-state index in [1.807, 2.05) is 24.3 Å². The van der Waals surface area contributed by atoms with Gasteiger partial charge in [0, 0.05) is 11.6 Å². The van der Waals surface area contributed by atoms with Gasteiger partial charge in [-0.25, -0.2) is 4.98 Å². The minimum absolute atomic E-state index is 0.130. The van der Waals surface area contributed by atoms with E-state index in [2.05, 4.69) is 10.1 Å². The highest BCUT2D eigenvalue weighted by molar-refractivity contribution is 5.60. The third kappa shape index (κ3) is 1.66. The van der Waals surface area contributed by atoms with Gasteiger partial charge in [-0.1, -0.05) is 18.2 Å². The van der Waals surface area contributed by atoms with Crippen LogP contribution in [0.1, 0.15) is 0 Å². The molecule has 0 radical (unpaired) electrons. The number of fused-ring (bicyclic) bond motifs is 1. The second-order valence-electron chi connectivity index (χ2n) is 3.86. The summed E-state index contributed by atoms with van der Waals surface area (Å²) < 4.78 is 6.58. The Kier molecular flexibility index (Phi) is 2.37. The second kappa shape index (κ2) is 4.03. The molecule has 0 saturated carbocycles. The Morgan fingerprint density at radius 1 is 1.22 bits per heavy atom. The largest absolute Gasteiger partial charge is 0.497 e. The highest BCUT2D eigenvalue weighted by atomic mass is 16.5. The average molecular weight is 241 g/mol. The molecule has 0 saturated heterocycles. The molecule has 1 N–H and O–H groups in total. The molecule has 2 heterocycles. The van der Waals surface area contributed by atoms with Crippen molar-refractivity contribution in [3.63, 3.8) is 0 Å². The van der Waals surface area contributed by atoms with Gasteiger partial charge in [0.05, 0.1) is 7.11 Å². The fraction of sp³-hybridized carbons (Fsp3) is 0.0769. The van der Waals surface area contributed by atoms with Gasteiger partial charge >= 0.3 is 0 Å². The van der Waals surface area contributed by atoms with E-state index < -0.39 is 0 Å². The smallest absolute Gasteiger partial charge is 0.271 e. The molecule has 0 unspecified atom stereocenters. The SMILES string of the molecule is COc1cccc(-c2nc3cccc(=O)n3[nH]2)c1. The predicted molar refractivity (Wildman–Crippen MR) is 67.8 cm³/mol. The van der Waals surface area contributed by atoms with Crippen molar-refractivity contribution in [2.45, 2.75) is 0 Å². The Labute approximate surface area is 103 Å². The monoisotopic (exact) mass is 241 g/mol. The zero-order valence-corrected chi connectivity index (χ0v) is 9.75. The lowest BCUT2D eigenvalue weighted by atomic mass is 10.2. The molecule has 18 heavy (non-hydrogen) atoms. The maximum absolute atomic E-state index is 11.6. The molecule has 5 nitrogen and oxygen atoms in total. The van der Waals surface area contributed by atoms with Gasteiger partial charge in [0.25, 0.3) is 5.56 Å². The number of methoxy groups -OCH3 is 1. The number of ether oxygens (including phenoxy) is 1. The molecular formula is C13H11N3O2. The van der Waals surface area contributed by atoms with E-state index in [1.165, 1.54) is 10.6 Å². The summed E-state index contributed by atoms with van der Waals surface area (Å²) in [6, 6.07) is 12.5. The molecule has 3 aromatic rings. The molecule has 90 valence electrons. The van der Waals surface area contributed by atoms with Crippen LogP contribution in [0.2, 0.25) is 0 Å². The Morgan fingerprint density at radius 2 is 2.06 bits per heavy atom. The predicted octanol–water partition coefficient (Wildman–Crippen LogP) is 1.70. The van der Waals surface area contributed by atoms with Gasteiger partial charge in [-0.05, 0) is 18.2 Å². The molecular weight excluding hydrogens is 230 g/mol. The summed E-state index contributed by atoms with van der Waals surface area (Å²) in [4.78, 5) is 16.0. The van der Waals surface area contributed by atoms with Crippen molar-refractivity contribution in [3.8, 4) is 17.1 Å². The van der Waals surface area contributed by atoms with Crippen LogP contribution in [-0.2, 0) is 0 Å². The number of H-pyrrole nitrogens is 1. The average Bonchev–Trinajstić information content (AvgIpc) is 2.84. The van der Waals surface area contributed by atoms with Gasteiger partial charge < -0.3 is 4.74 Å². The summed E-state index contributed by atoms with van der Waals surface area (Å²) >= 11 is 0. The first-order valence-electron chi connectivity index (χ1n) is 5.50. The van der Waals surface area contributed by atoms with Crippen LogP contribution in [0.15, 0.2) is 47.3 Å². The first-order chi connectivity index (χ1) is 8.78. The molecule has 0 amide bonds. The van der Waals surface area contributed by atoms with Crippen molar-refractivity contribution < 1.29 is 4.74 Å². The van der Waals surface area contributed by atoms with Crippen LogP contribution < -0.4 is 10.3 Å². The Morgan fingerprint density at radius 3 is 2.83 bits per heavy atom. The van der Waals surface area contributed by atoms with Crippen molar-refractivity contribution in [2.24, 2.45) is 0 Å². The third-order valence-corrected chi connectivity index (χ3v) is 2.72. The van der Waals surface area contributed by atoms with Crippen LogP contribution in [0.3, 0.4) is 0 Å². The number of aromatic amines is 1. The van der Waals surface area contributed by atoms with Crippen molar-refractivity contribution >= 4 is 5.65 Å². The van der Waals surface area contributed by atoms with E-state index in [-0.39, 0.29) is 5.56 Å². The van der Waals surface area contributed by atoms with Crippen LogP contribution >= 0.6 is 0 Å². The summed E-state index contributed by atoms with van der Waals surface area (Å²) in [5.74, 6) is 1.39. The standard InChI is InChI=1S/C13H11N3O2/c1-18-10-5-2-4-9(8-10)13-14-11-6-3-7-12(17)16(11)15-13/h2-8H,1H3,(H,14,15). The van der Waals surface area contributed by atoms with Gasteiger partial charge in [-0.15, -0.1) is 0 Å². The summed E-state index contributed by atoms with van der Waals surface area (Å²) in [5, 5.41) is 2.97. The third-order valence-electron chi connectivity index (χ3n) is 2.72. The molecule has 0 bridgehead atoms. The van der Waals surface area contributed by atoms with Crippen molar-refractivity contribution in [1.29, 1.82) is 0 Å². The van der Waals surface area contributed by atoms with E-state index in [0.717, 1.165) is 11.3 Å². The summed E-state index contributed by atoms with van der Waals surface area (Å²) in [6.07, 6.45) is 0. The molecule has 0 atom stereocenters. The van der Waals surface area contributed by atoms with Crippen LogP contribution in [0, 0.1) is 0 Å². The zero-order valence-electron chi connectivity index (χ0n) is 9.75. The van der Waals surface area contributed by atoms with Gasteiger partial charge in [-0.2, -0.15) is 4.52 Å². The van der Waals surface area contributed by atoms with Crippen LogP contribution in [-0.4, -0.2) is 21.7 Å². The molecule has 0 aliphatic carbocycles. The number of nitrogens with one attached hydrogen (secondary N) is 1. The van der Waals surface area contributed by atoms with E-state index in [9.17, 15) is 4.79 Å². The summed E-state index contributed by atoms with van der Waals surface area (Å²) in [5.41, 5.74) is 1.34. The topological polar surface area (TPSA) is 59.4 Å². The van der Waals surface area contributed by atoms with E-state index in [4.69, 9.17) is 4.74 Å². The lowest BCUT2D eigenvalue weighted by Crippen LogP contribution is -2.11. The Balaban J connectivity index is 2.19. The minimum atomic E-state index is -0.130. The number of benzene rings is 1. The van der Waals surface area contributed by atoms with Crippen molar-refractivity contribution in [3.05, 3.63) is 52.8 Å². The number of nitrogens with zero attached hydrogens (tertiary/aromatic N) is 2. The van der Waals surface area contributed by atoms with Gasteiger partial charge in [0.15, 0.2) is 11.5 Å². The zero-order chi connectivity index (χ0) is 12.5. The Bertz CT molecular complexity index is 758. The van der Waals surface area contributed by atoms with Crippen molar-refractivity contribution in [1.82, 2.24) is 14.6 Å². The summed E-state index contributed by atoms with van der Waals surface area (Å²) in [6.45, 7) is 0. The first kappa shape index (κ1) is 10.6. The minimum Gasteiger partial charge on any atom is -0.497 e. The van der Waals surface area contributed by atoms with Gasteiger partial charge in [-0.3, -0.25) is 9.89 Å². The van der Waals surface area contributed by atoms with Crippen LogP contribution in [0.5, 0.6) is 5.75 Å². The number of hydrogen-bond acceptors (Lipinski definition) is 3. The van der Waals surface area contributed by atoms with E-state index in [0.29, 0.717) is 11.5 Å². The Hall–Kier alpha value is -2.56. The molecule has 2 aromatic heterocycles. The fourth-order valence-corrected chi connectivity index (χ4v) is 1.82. The summed E-state index contributed by atoms with van der Waals surface area (Å²) in [7, 11) is 1.61. The lowest BCUT2D eigenvalue weighted by molar-refractivity contribution is 0.415. The highest BCUT2D eigenvalue weighted by Gasteiger charge is 2.06. The molecule has 0 fully saturated rings. The maximum Gasteiger partial charge on any atom is 0.271 e. The number of aromatic nitrogens is 3. The first-order valence-corrected chi connectivity index (χ1v) is 5.50. The molecule has 0 aliphatic rings. The molecule has 0 spiro atoms.